The molecule has 2 aromatic carbocycles. The average molecular weight is 401 g/mol. The van der Waals surface area contributed by atoms with Crippen molar-refractivity contribution in [3.8, 4) is 0 Å². The van der Waals surface area contributed by atoms with Crippen molar-refractivity contribution in [3.63, 3.8) is 0 Å². The summed E-state index contributed by atoms with van der Waals surface area (Å²) < 4.78 is 0. The van der Waals surface area contributed by atoms with E-state index < -0.39 is 12.0 Å². The standard InChI is InChI=1S/C18H16Cl3NO3/c19-13-3-1-2-11(6-13)9-17(23)22-14(10-18(24)25)7-12-4-5-15(20)16(21)8-12/h1-6,8,14H,7,9-10H2,(H,22,23)(H,24,25)/t14-/m0/s1. The lowest BCUT2D eigenvalue weighted by Gasteiger charge is -2.17. The number of nitrogens with one attached hydrogen (secondary N) is 1. The van der Waals surface area contributed by atoms with Gasteiger partial charge < -0.3 is 10.4 Å². The van der Waals surface area contributed by atoms with E-state index in [0.717, 1.165) is 11.1 Å². The van der Waals surface area contributed by atoms with E-state index in [2.05, 4.69) is 5.32 Å². The second-order valence-electron chi connectivity index (χ2n) is 5.62. The molecule has 0 aliphatic rings. The number of aliphatic carboxylic acids is 1. The molecule has 0 spiro atoms. The number of benzene rings is 2. The minimum Gasteiger partial charge on any atom is -0.481 e. The third-order valence-corrected chi connectivity index (χ3v) is 4.48. The first kappa shape index (κ1) is 19.6. The van der Waals surface area contributed by atoms with Gasteiger partial charge in [0.15, 0.2) is 0 Å². The molecule has 7 heteroatoms. The maximum absolute atomic E-state index is 12.2. The average Bonchev–Trinajstić information content (AvgIpc) is 2.50. The fourth-order valence-electron chi connectivity index (χ4n) is 2.45. The fraction of sp³-hybridized carbons (Fsp3) is 0.222. The van der Waals surface area contributed by atoms with Gasteiger partial charge in [-0.05, 0) is 41.8 Å². The van der Waals surface area contributed by atoms with Gasteiger partial charge >= 0.3 is 5.97 Å². The molecule has 0 unspecified atom stereocenters. The molecule has 0 fully saturated rings. The van der Waals surface area contributed by atoms with Crippen LogP contribution in [0.25, 0.3) is 0 Å². The van der Waals surface area contributed by atoms with Crippen molar-refractivity contribution in [3.05, 3.63) is 68.7 Å². The van der Waals surface area contributed by atoms with Crippen molar-refractivity contribution in [2.45, 2.75) is 25.3 Å². The van der Waals surface area contributed by atoms with Crippen LogP contribution in [0.1, 0.15) is 17.5 Å². The van der Waals surface area contributed by atoms with E-state index in [9.17, 15) is 9.59 Å². The van der Waals surface area contributed by atoms with Gasteiger partial charge in [0.1, 0.15) is 0 Å². The van der Waals surface area contributed by atoms with E-state index in [1.54, 1.807) is 42.5 Å². The van der Waals surface area contributed by atoms with Crippen LogP contribution in [-0.4, -0.2) is 23.0 Å². The van der Waals surface area contributed by atoms with E-state index in [0.29, 0.717) is 21.5 Å². The maximum atomic E-state index is 12.2. The smallest absolute Gasteiger partial charge is 0.305 e. The van der Waals surface area contributed by atoms with Crippen LogP contribution >= 0.6 is 34.8 Å². The SMILES string of the molecule is O=C(O)C[C@H](Cc1ccc(Cl)c(Cl)c1)NC(=O)Cc1cccc(Cl)c1. The van der Waals surface area contributed by atoms with Gasteiger partial charge in [-0.15, -0.1) is 0 Å². The minimum atomic E-state index is -0.992. The Labute approximate surface area is 160 Å². The summed E-state index contributed by atoms with van der Waals surface area (Å²) in [5.41, 5.74) is 1.55. The van der Waals surface area contributed by atoms with Crippen molar-refractivity contribution < 1.29 is 14.7 Å². The molecule has 1 atom stereocenters. The predicted molar refractivity (Wildman–Crippen MR) is 99.5 cm³/mol. The topological polar surface area (TPSA) is 66.4 Å². The number of carboxylic acids is 1. The van der Waals surface area contributed by atoms with Gasteiger partial charge in [-0.3, -0.25) is 9.59 Å². The molecule has 0 aliphatic carbocycles. The lowest BCUT2D eigenvalue weighted by atomic mass is 10.0. The molecule has 0 saturated carbocycles. The summed E-state index contributed by atoms with van der Waals surface area (Å²) in [6.45, 7) is 0. The quantitative estimate of drug-likeness (QED) is 0.724. The Morgan fingerprint density at radius 3 is 2.40 bits per heavy atom. The largest absolute Gasteiger partial charge is 0.481 e. The summed E-state index contributed by atoms with van der Waals surface area (Å²) in [6.07, 6.45) is 0.268. The van der Waals surface area contributed by atoms with Crippen molar-refractivity contribution in [2.75, 3.05) is 0 Å². The zero-order valence-electron chi connectivity index (χ0n) is 13.1. The van der Waals surface area contributed by atoms with Crippen LogP contribution in [0.4, 0.5) is 0 Å². The van der Waals surface area contributed by atoms with E-state index >= 15 is 0 Å². The first-order chi connectivity index (χ1) is 11.8. The zero-order chi connectivity index (χ0) is 18.4. The van der Waals surface area contributed by atoms with Crippen molar-refractivity contribution in [1.82, 2.24) is 5.32 Å². The molecule has 0 aromatic heterocycles. The number of carbonyl (C=O) groups is 2. The van der Waals surface area contributed by atoms with E-state index in [-0.39, 0.29) is 18.7 Å². The lowest BCUT2D eigenvalue weighted by Crippen LogP contribution is -2.39. The normalized spacial score (nSPS) is 11.8. The highest BCUT2D eigenvalue weighted by atomic mass is 35.5. The van der Waals surface area contributed by atoms with Gasteiger partial charge in [-0.1, -0.05) is 53.0 Å². The summed E-state index contributed by atoms with van der Waals surface area (Å²) in [7, 11) is 0. The minimum absolute atomic E-state index is 0.123. The number of amides is 1. The Morgan fingerprint density at radius 2 is 1.76 bits per heavy atom. The Morgan fingerprint density at radius 1 is 1.00 bits per heavy atom. The highest BCUT2D eigenvalue weighted by molar-refractivity contribution is 6.42. The van der Waals surface area contributed by atoms with E-state index in [1.165, 1.54) is 0 Å². The summed E-state index contributed by atoms with van der Waals surface area (Å²) >= 11 is 17.8. The van der Waals surface area contributed by atoms with E-state index in [4.69, 9.17) is 39.9 Å². The van der Waals surface area contributed by atoms with Crippen molar-refractivity contribution in [2.24, 2.45) is 0 Å². The van der Waals surface area contributed by atoms with Gasteiger partial charge in [-0.25, -0.2) is 0 Å². The highest BCUT2D eigenvalue weighted by Crippen LogP contribution is 2.23. The molecular formula is C18H16Cl3NO3. The number of carboxylic acid groups (broad SMARTS) is 1. The molecule has 4 nitrogen and oxygen atoms in total. The number of halogens is 3. The predicted octanol–water partition coefficient (Wildman–Crippen LogP) is 4.39. The molecule has 0 aliphatic heterocycles. The summed E-state index contributed by atoms with van der Waals surface area (Å²) in [5, 5.41) is 13.2. The molecule has 0 radical (unpaired) electrons. The molecule has 25 heavy (non-hydrogen) atoms. The Balaban J connectivity index is 2.04. The van der Waals surface area contributed by atoms with E-state index in [1.807, 2.05) is 0 Å². The first-order valence-electron chi connectivity index (χ1n) is 7.53. The number of hydrogen-bond donors (Lipinski definition) is 2. The summed E-state index contributed by atoms with van der Waals surface area (Å²) in [6, 6.07) is 11.5. The molecule has 0 saturated heterocycles. The molecule has 2 aromatic rings. The molecule has 0 heterocycles. The molecule has 1 amide bonds. The second-order valence-corrected chi connectivity index (χ2v) is 6.87. The van der Waals surface area contributed by atoms with Crippen molar-refractivity contribution in [1.29, 1.82) is 0 Å². The molecule has 2 N–H and O–H groups in total. The second kappa shape index (κ2) is 9.09. The summed E-state index contributed by atoms with van der Waals surface area (Å²) in [5.74, 6) is -1.26. The summed E-state index contributed by atoms with van der Waals surface area (Å²) in [4.78, 5) is 23.3. The monoisotopic (exact) mass is 399 g/mol. The van der Waals surface area contributed by atoms with Crippen LogP contribution in [0, 0.1) is 0 Å². The van der Waals surface area contributed by atoms with Gasteiger partial charge in [-0.2, -0.15) is 0 Å². The third kappa shape index (κ3) is 6.58. The van der Waals surface area contributed by atoms with Gasteiger partial charge in [0.2, 0.25) is 5.91 Å². The van der Waals surface area contributed by atoms with Crippen LogP contribution in [0.15, 0.2) is 42.5 Å². The van der Waals surface area contributed by atoms with Crippen LogP contribution in [0.5, 0.6) is 0 Å². The highest BCUT2D eigenvalue weighted by Gasteiger charge is 2.17. The first-order valence-corrected chi connectivity index (χ1v) is 8.66. The third-order valence-electron chi connectivity index (χ3n) is 3.51. The van der Waals surface area contributed by atoms with Crippen LogP contribution < -0.4 is 5.32 Å². The molecule has 2 rings (SSSR count). The number of carbonyl (C=O) groups excluding carboxylic acids is 1. The van der Waals surface area contributed by atoms with Gasteiger partial charge in [0.25, 0.3) is 0 Å². The van der Waals surface area contributed by atoms with Gasteiger partial charge in [0, 0.05) is 11.1 Å². The number of hydrogen-bond acceptors (Lipinski definition) is 2. The Hall–Kier alpha value is -1.75. The fourth-order valence-corrected chi connectivity index (χ4v) is 2.98. The molecule has 0 bridgehead atoms. The lowest BCUT2D eigenvalue weighted by molar-refractivity contribution is -0.137. The number of rotatable bonds is 7. The molecule has 132 valence electrons. The van der Waals surface area contributed by atoms with Crippen molar-refractivity contribution >= 4 is 46.7 Å². The Bertz CT molecular complexity index is 780. The van der Waals surface area contributed by atoms with Crippen LogP contribution in [0.3, 0.4) is 0 Å². The maximum Gasteiger partial charge on any atom is 0.305 e. The Kier molecular flexibility index (Phi) is 7.12. The molecular weight excluding hydrogens is 385 g/mol. The van der Waals surface area contributed by atoms with Crippen LogP contribution in [0.2, 0.25) is 15.1 Å². The van der Waals surface area contributed by atoms with Gasteiger partial charge in [0.05, 0.1) is 22.9 Å². The van der Waals surface area contributed by atoms with Crippen LogP contribution in [-0.2, 0) is 22.4 Å². The zero-order valence-corrected chi connectivity index (χ0v) is 15.4.